The first-order valence-electron chi connectivity index (χ1n) is 5.06. The Morgan fingerprint density at radius 3 is 2.93 bits per heavy atom. The van der Waals surface area contributed by atoms with Crippen LogP contribution in [0.4, 0.5) is 0 Å². The van der Waals surface area contributed by atoms with E-state index in [0.717, 1.165) is 17.8 Å². The first kappa shape index (κ1) is 9.98. The lowest BCUT2D eigenvalue weighted by atomic mass is 10.1. The van der Waals surface area contributed by atoms with Gasteiger partial charge in [0.05, 0.1) is 24.3 Å². The molecule has 0 radical (unpaired) electrons. The lowest BCUT2D eigenvalue weighted by Gasteiger charge is -2.13. The Hall–Kier alpha value is -1.55. The van der Waals surface area contributed by atoms with Gasteiger partial charge in [-0.3, -0.25) is 4.68 Å². The maximum Gasteiger partial charge on any atom is 0.0954 e. The van der Waals surface area contributed by atoms with E-state index < -0.39 is 0 Å². The summed E-state index contributed by atoms with van der Waals surface area (Å²) in [5.74, 6) is 0. The van der Waals surface area contributed by atoms with Crippen molar-refractivity contribution in [3.05, 3.63) is 42.1 Å². The van der Waals surface area contributed by atoms with E-state index in [1.54, 1.807) is 17.2 Å². The van der Waals surface area contributed by atoms with Crippen molar-refractivity contribution in [2.24, 2.45) is 7.05 Å². The van der Waals surface area contributed by atoms with Crippen molar-refractivity contribution >= 4 is 0 Å². The molecule has 80 valence electrons. The highest BCUT2D eigenvalue weighted by Gasteiger charge is 2.16. The van der Waals surface area contributed by atoms with E-state index in [0.29, 0.717) is 0 Å². The van der Waals surface area contributed by atoms with E-state index in [-0.39, 0.29) is 6.04 Å². The molecule has 1 atom stereocenters. The highest BCUT2D eigenvalue weighted by Crippen LogP contribution is 2.20. The van der Waals surface area contributed by atoms with Crippen LogP contribution in [0.3, 0.4) is 0 Å². The zero-order valence-corrected chi connectivity index (χ0v) is 8.97. The fourth-order valence-electron chi connectivity index (χ4n) is 1.62. The van der Waals surface area contributed by atoms with Gasteiger partial charge in [-0.25, -0.2) is 0 Å². The number of rotatable bonds is 4. The van der Waals surface area contributed by atoms with Crippen LogP contribution in [0.1, 0.15) is 24.2 Å². The molecule has 0 bridgehead atoms. The number of aryl methyl sites for hydroxylation is 1. The van der Waals surface area contributed by atoms with E-state index in [1.165, 1.54) is 0 Å². The summed E-state index contributed by atoms with van der Waals surface area (Å²) in [5.41, 5.74) is 2.12. The molecule has 1 N–H and O–H groups in total. The van der Waals surface area contributed by atoms with Gasteiger partial charge in [0.25, 0.3) is 0 Å². The standard InChI is InChI=1S/C11H15N3O/c1-3-12-11(9-5-7-15-8-9)10-4-6-14(2)13-10/h4-8,11-12H,3H2,1-2H3. The molecule has 1 unspecified atom stereocenters. The average Bonchev–Trinajstić information content (AvgIpc) is 2.85. The molecule has 0 spiro atoms. The highest BCUT2D eigenvalue weighted by molar-refractivity contribution is 5.23. The fourth-order valence-corrected chi connectivity index (χ4v) is 1.62. The Labute approximate surface area is 88.9 Å². The monoisotopic (exact) mass is 205 g/mol. The fraction of sp³-hybridized carbons (Fsp3) is 0.364. The van der Waals surface area contributed by atoms with Crippen molar-refractivity contribution in [1.82, 2.24) is 15.1 Å². The van der Waals surface area contributed by atoms with E-state index in [1.807, 2.05) is 25.4 Å². The minimum atomic E-state index is 0.120. The van der Waals surface area contributed by atoms with Gasteiger partial charge in [0.1, 0.15) is 0 Å². The predicted molar refractivity (Wildman–Crippen MR) is 57.4 cm³/mol. The molecular formula is C11H15N3O. The van der Waals surface area contributed by atoms with Crippen molar-refractivity contribution in [3.63, 3.8) is 0 Å². The molecule has 15 heavy (non-hydrogen) atoms. The van der Waals surface area contributed by atoms with Crippen molar-refractivity contribution < 1.29 is 4.42 Å². The third-order valence-electron chi connectivity index (χ3n) is 2.31. The van der Waals surface area contributed by atoms with Crippen molar-refractivity contribution in [1.29, 1.82) is 0 Å². The van der Waals surface area contributed by atoms with Crippen LogP contribution in [0.25, 0.3) is 0 Å². The Morgan fingerprint density at radius 1 is 1.53 bits per heavy atom. The Kier molecular flexibility index (Phi) is 2.87. The molecule has 4 heteroatoms. The van der Waals surface area contributed by atoms with Crippen molar-refractivity contribution in [3.8, 4) is 0 Å². The third-order valence-corrected chi connectivity index (χ3v) is 2.31. The molecule has 0 aliphatic rings. The molecule has 0 saturated heterocycles. The quantitative estimate of drug-likeness (QED) is 0.826. The lowest BCUT2D eigenvalue weighted by Crippen LogP contribution is -2.22. The second-order valence-corrected chi connectivity index (χ2v) is 3.46. The number of hydrogen-bond donors (Lipinski definition) is 1. The molecule has 0 aromatic carbocycles. The lowest BCUT2D eigenvalue weighted by molar-refractivity contribution is 0.548. The molecule has 2 rings (SSSR count). The minimum absolute atomic E-state index is 0.120. The van der Waals surface area contributed by atoms with Crippen LogP contribution >= 0.6 is 0 Å². The summed E-state index contributed by atoms with van der Waals surface area (Å²) in [6.45, 7) is 2.97. The molecule has 2 aromatic rings. The van der Waals surface area contributed by atoms with Crippen LogP contribution < -0.4 is 5.32 Å². The summed E-state index contributed by atoms with van der Waals surface area (Å²) in [6.07, 6.45) is 5.38. The Balaban J connectivity index is 2.27. The Morgan fingerprint density at radius 2 is 2.40 bits per heavy atom. The van der Waals surface area contributed by atoms with Crippen LogP contribution in [0.15, 0.2) is 35.3 Å². The van der Waals surface area contributed by atoms with Crippen molar-refractivity contribution in [2.75, 3.05) is 6.54 Å². The molecule has 0 aliphatic heterocycles. The molecule has 4 nitrogen and oxygen atoms in total. The van der Waals surface area contributed by atoms with Gasteiger partial charge in [-0.05, 0) is 18.7 Å². The second-order valence-electron chi connectivity index (χ2n) is 3.46. The van der Waals surface area contributed by atoms with E-state index in [2.05, 4.69) is 17.3 Å². The Bertz CT molecular complexity index is 405. The summed E-state index contributed by atoms with van der Waals surface area (Å²) >= 11 is 0. The number of furan rings is 1. The summed E-state index contributed by atoms with van der Waals surface area (Å²) in [5, 5.41) is 7.78. The summed E-state index contributed by atoms with van der Waals surface area (Å²) in [7, 11) is 1.92. The van der Waals surface area contributed by atoms with Gasteiger partial charge >= 0.3 is 0 Å². The normalized spacial score (nSPS) is 12.9. The van der Waals surface area contributed by atoms with Gasteiger partial charge in [0, 0.05) is 18.8 Å². The van der Waals surface area contributed by atoms with Crippen LogP contribution in [0.2, 0.25) is 0 Å². The maximum absolute atomic E-state index is 5.10. The van der Waals surface area contributed by atoms with Crippen LogP contribution in [0, 0.1) is 0 Å². The predicted octanol–water partition coefficient (Wildman–Crippen LogP) is 1.71. The van der Waals surface area contributed by atoms with Gasteiger partial charge in [-0.15, -0.1) is 0 Å². The first-order chi connectivity index (χ1) is 7.31. The highest BCUT2D eigenvalue weighted by atomic mass is 16.3. The van der Waals surface area contributed by atoms with E-state index in [4.69, 9.17) is 4.42 Å². The van der Waals surface area contributed by atoms with Gasteiger partial charge in [0.15, 0.2) is 0 Å². The molecular weight excluding hydrogens is 190 g/mol. The van der Waals surface area contributed by atoms with Gasteiger partial charge in [-0.2, -0.15) is 5.10 Å². The topological polar surface area (TPSA) is 43.0 Å². The van der Waals surface area contributed by atoms with E-state index >= 15 is 0 Å². The first-order valence-corrected chi connectivity index (χ1v) is 5.06. The summed E-state index contributed by atoms with van der Waals surface area (Å²) in [6, 6.07) is 4.09. The van der Waals surface area contributed by atoms with Crippen LogP contribution in [-0.4, -0.2) is 16.3 Å². The smallest absolute Gasteiger partial charge is 0.0954 e. The number of nitrogens with one attached hydrogen (secondary N) is 1. The van der Waals surface area contributed by atoms with Gasteiger partial charge in [-0.1, -0.05) is 6.92 Å². The maximum atomic E-state index is 5.10. The number of aromatic nitrogens is 2. The van der Waals surface area contributed by atoms with Crippen molar-refractivity contribution in [2.45, 2.75) is 13.0 Å². The summed E-state index contributed by atoms with van der Waals surface area (Å²) in [4.78, 5) is 0. The molecule has 0 fully saturated rings. The second kappa shape index (κ2) is 4.31. The van der Waals surface area contributed by atoms with Gasteiger partial charge in [0.2, 0.25) is 0 Å². The minimum Gasteiger partial charge on any atom is -0.472 e. The molecule has 0 saturated carbocycles. The third kappa shape index (κ3) is 2.10. The number of nitrogens with zero attached hydrogens (tertiary/aromatic N) is 2. The SMILES string of the molecule is CCNC(c1ccoc1)c1ccn(C)n1. The summed E-state index contributed by atoms with van der Waals surface area (Å²) < 4.78 is 6.90. The van der Waals surface area contributed by atoms with Crippen LogP contribution in [-0.2, 0) is 7.05 Å². The largest absolute Gasteiger partial charge is 0.472 e. The average molecular weight is 205 g/mol. The molecule has 2 aromatic heterocycles. The van der Waals surface area contributed by atoms with E-state index in [9.17, 15) is 0 Å². The molecule has 0 amide bonds. The molecule has 0 aliphatic carbocycles. The molecule has 2 heterocycles. The zero-order valence-electron chi connectivity index (χ0n) is 8.97. The van der Waals surface area contributed by atoms with Crippen LogP contribution in [0.5, 0.6) is 0 Å². The zero-order chi connectivity index (χ0) is 10.7. The number of hydrogen-bond acceptors (Lipinski definition) is 3. The van der Waals surface area contributed by atoms with Gasteiger partial charge < -0.3 is 9.73 Å².